The van der Waals surface area contributed by atoms with Gasteiger partial charge in [0.05, 0.1) is 0 Å². The Morgan fingerprint density at radius 1 is 0.633 bits per heavy atom. The molecule has 0 heterocycles. The number of rotatable bonds is 3. The van der Waals surface area contributed by atoms with Crippen LogP contribution in [0.5, 0.6) is 0 Å². The first kappa shape index (κ1) is 23.2. The Morgan fingerprint density at radius 2 is 1.00 bits per heavy atom. The summed E-state index contributed by atoms with van der Waals surface area (Å²) in [6.07, 6.45) is 0.858. The SMILES string of the molecule is OC1(C(=CC2=CCCCC2)C2(O)C(F)(F)C(F)(F)C2(F)F)C(F)(F)C(F)(F)C1(F)F. The molecule has 3 aliphatic rings. The quantitative estimate of drug-likeness (QED) is 0.594. The predicted octanol–water partition coefficient (Wildman–Crippen LogP) is 4.71. The molecule has 0 bridgehead atoms. The van der Waals surface area contributed by atoms with Gasteiger partial charge >= 0.3 is 35.5 Å². The molecule has 0 aliphatic heterocycles. The van der Waals surface area contributed by atoms with Crippen molar-refractivity contribution >= 4 is 0 Å². The summed E-state index contributed by atoms with van der Waals surface area (Å²) in [6, 6.07) is 0. The number of aliphatic hydroxyl groups is 2. The van der Waals surface area contributed by atoms with E-state index in [2.05, 4.69) is 0 Å². The normalized spacial score (nSPS) is 32.8. The van der Waals surface area contributed by atoms with Gasteiger partial charge in [-0.3, -0.25) is 0 Å². The van der Waals surface area contributed by atoms with E-state index in [0.29, 0.717) is 6.42 Å². The summed E-state index contributed by atoms with van der Waals surface area (Å²) >= 11 is 0. The fourth-order valence-corrected chi connectivity index (χ4v) is 3.90. The summed E-state index contributed by atoms with van der Waals surface area (Å²) in [4.78, 5) is 0. The Hall–Kier alpha value is -1.44. The van der Waals surface area contributed by atoms with Gasteiger partial charge < -0.3 is 10.2 Å². The molecule has 2 N–H and O–H groups in total. The van der Waals surface area contributed by atoms with Gasteiger partial charge in [0, 0.05) is 5.57 Å². The van der Waals surface area contributed by atoms with Gasteiger partial charge in [-0.15, -0.1) is 0 Å². The monoisotopic (exact) mass is 464 g/mol. The molecule has 2 saturated carbocycles. The van der Waals surface area contributed by atoms with Crippen molar-refractivity contribution in [3.05, 3.63) is 23.3 Å². The Kier molecular flexibility index (Phi) is 4.39. The van der Waals surface area contributed by atoms with Crippen LogP contribution in [-0.4, -0.2) is 57.0 Å². The molecular weight excluding hydrogens is 452 g/mol. The summed E-state index contributed by atoms with van der Waals surface area (Å²) in [5.41, 5.74) is -15.3. The van der Waals surface area contributed by atoms with Crippen molar-refractivity contribution in [2.45, 2.75) is 72.4 Å². The Labute approximate surface area is 159 Å². The molecule has 0 aromatic rings. The molecular formula is C16H12F12O2. The van der Waals surface area contributed by atoms with E-state index >= 15 is 0 Å². The van der Waals surface area contributed by atoms with Crippen molar-refractivity contribution in [3.8, 4) is 0 Å². The van der Waals surface area contributed by atoms with E-state index < -0.39 is 57.9 Å². The summed E-state index contributed by atoms with van der Waals surface area (Å²) in [5.74, 6) is -38.3. The minimum Gasteiger partial charge on any atom is -0.374 e. The van der Waals surface area contributed by atoms with E-state index in [1.54, 1.807) is 0 Å². The highest BCUT2D eigenvalue weighted by Crippen LogP contribution is 2.76. The van der Waals surface area contributed by atoms with Gasteiger partial charge in [-0.25, -0.2) is 0 Å². The molecule has 0 radical (unpaired) electrons. The number of hydrogen-bond donors (Lipinski definition) is 2. The van der Waals surface area contributed by atoms with Crippen LogP contribution in [0.1, 0.15) is 25.7 Å². The molecule has 0 unspecified atom stereocenters. The molecule has 0 saturated heterocycles. The topological polar surface area (TPSA) is 40.5 Å². The third-order valence-electron chi connectivity index (χ3n) is 5.83. The number of allylic oxidation sites excluding steroid dienone is 3. The van der Waals surface area contributed by atoms with Crippen molar-refractivity contribution in [2.75, 3.05) is 0 Å². The Morgan fingerprint density at radius 3 is 1.30 bits per heavy atom. The molecule has 30 heavy (non-hydrogen) atoms. The van der Waals surface area contributed by atoms with Crippen LogP contribution in [0, 0.1) is 0 Å². The molecule has 0 spiro atoms. The fourth-order valence-electron chi connectivity index (χ4n) is 3.90. The number of halogens is 12. The van der Waals surface area contributed by atoms with E-state index in [4.69, 9.17) is 0 Å². The first-order valence-corrected chi connectivity index (χ1v) is 8.34. The average molecular weight is 464 g/mol. The van der Waals surface area contributed by atoms with Crippen LogP contribution in [-0.2, 0) is 0 Å². The molecule has 2 nitrogen and oxygen atoms in total. The van der Waals surface area contributed by atoms with Crippen molar-refractivity contribution in [2.24, 2.45) is 0 Å². The predicted molar refractivity (Wildman–Crippen MR) is 74.2 cm³/mol. The maximum atomic E-state index is 13.9. The van der Waals surface area contributed by atoms with E-state index in [1.165, 1.54) is 0 Å². The second-order valence-corrected chi connectivity index (χ2v) is 7.45. The second-order valence-electron chi connectivity index (χ2n) is 7.45. The zero-order chi connectivity index (χ0) is 23.4. The maximum Gasteiger partial charge on any atom is 0.379 e. The Balaban J connectivity index is 2.33. The Bertz CT molecular complexity index is 738. The summed E-state index contributed by atoms with van der Waals surface area (Å²) < 4.78 is 164. The highest BCUT2D eigenvalue weighted by Gasteiger charge is 3.06. The third kappa shape index (κ3) is 1.94. The lowest BCUT2D eigenvalue weighted by Gasteiger charge is -2.63. The van der Waals surface area contributed by atoms with Gasteiger partial charge in [0.1, 0.15) is 0 Å². The third-order valence-corrected chi connectivity index (χ3v) is 5.83. The zero-order valence-corrected chi connectivity index (χ0v) is 14.4. The van der Waals surface area contributed by atoms with Crippen molar-refractivity contribution in [3.63, 3.8) is 0 Å². The smallest absolute Gasteiger partial charge is 0.374 e. The minimum absolute atomic E-state index is 0.0435. The summed E-state index contributed by atoms with van der Waals surface area (Å²) in [7, 11) is 0. The molecule has 0 atom stereocenters. The van der Waals surface area contributed by atoms with Gasteiger partial charge in [-0.2, -0.15) is 52.7 Å². The molecule has 0 aromatic carbocycles. The van der Waals surface area contributed by atoms with Gasteiger partial charge in [0.15, 0.2) is 0 Å². The second kappa shape index (κ2) is 5.67. The van der Waals surface area contributed by atoms with Crippen LogP contribution in [0.15, 0.2) is 23.3 Å². The summed E-state index contributed by atoms with van der Waals surface area (Å²) in [6.45, 7) is 0. The lowest BCUT2D eigenvalue weighted by Crippen LogP contribution is -2.94. The summed E-state index contributed by atoms with van der Waals surface area (Å²) in [5, 5.41) is 19.6. The molecule has 172 valence electrons. The van der Waals surface area contributed by atoms with Gasteiger partial charge in [0.2, 0.25) is 11.2 Å². The highest BCUT2D eigenvalue weighted by molar-refractivity contribution is 5.54. The number of alkyl halides is 12. The van der Waals surface area contributed by atoms with Gasteiger partial charge in [-0.1, -0.05) is 17.7 Å². The lowest BCUT2D eigenvalue weighted by molar-refractivity contribution is -0.510. The van der Waals surface area contributed by atoms with Crippen LogP contribution >= 0.6 is 0 Å². The van der Waals surface area contributed by atoms with Crippen molar-refractivity contribution in [1.29, 1.82) is 0 Å². The van der Waals surface area contributed by atoms with E-state index in [0.717, 1.165) is 6.08 Å². The molecule has 14 heteroatoms. The number of hydrogen-bond acceptors (Lipinski definition) is 2. The van der Waals surface area contributed by atoms with E-state index in [9.17, 15) is 62.9 Å². The van der Waals surface area contributed by atoms with Crippen molar-refractivity contribution in [1.82, 2.24) is 0 Å². The lowest BCUT2D eigenvalue weighted by atomic mass is 9.53. The standard InChI is InChI=1S/C16H12F12O2/c17-11(18)9(29,12(19,20)15(11,25)26)8(6-7-4-2-1-3-5-7)10(30)13(21,22)16(27,28)14(10,23)24/h4,6,29-30H,1-3,5H2. The van der Waals surface area contributed by atoms with Gasteiger partial charge in [0.25, 0.3) is 0 Å². The van der Waals surface area contributed by atoms with Gasteiger partial charge in [-0.05, 0) is 25.7 Å². The van der Waals surface area contributed by atoms with Crippen molar-refractivity contribution < 1.29 is 62.9 Å². The van der Waals surface area contributed by atoms with Crippen LogP contribution in [0.25, 0.3) is 0 Å². The van der Waals surface area contributed by atoms with Crippen LogP contribution in [0.2, 0.25) is 0 Å². The first-order chi connectivity index (χ1) is 13.2. The van der Waals surface area contributed by atoms with E-state index in [-0.39, 0.29) is 25.3 Å². The first-order valence-electron chi connectivity index (χ1n) is 8.34. The zero-order valence-electron chi connectivity index (χ0n) is 14.4. The largest absolute Gasteiger partial charge is 0.379 e. The van der Waals surface area contributed by atoms with Crippen LogP contribution in [0.3, 0.4) is 0 Å². The maximum absolute atomic E-state index is 13.9. The van der Waals surface area contributed by atoms with Crippen LogP contribution < -0.4 is 0 Å². The molecule has 3 rings (SSSR count). The van der Waals surface area contributed by atoms with E-state index in [1.807, 2.05) is 0 Å². The molecule has 0 amide bonds. The highest BCUT2D eigenvalue weighted by atomic mass is 19.4. The molecule has 2 fully saturated rings. The molecule has 0 aromatic heterocycles. The minimum atomic E-state index is -6.41. The molecule has 3 aliphatic carbocycles. The average Bonchev–Trinajstić information content (AvgIpc) is 2.63. The van der Waals surface area contributed by atoms with Crippen LogP contribution in [0.4, 0.5) is 52.7 Å². The fraction of sp³-hybridized carbons (Fsp3) is 0.750.